The van der Waals surface area contributed by atoms with Crippen molar-refractivity contribution in [1.82, 2.24) is 19.7 Å². The number of halogens is 2. The van der Waals surface area contributed by atoms with E-state index in [9.17, 15) is 9.18 Å². The van der Waals surface area contributed by atoms with E-state index >= 15 is 0 Å². The third-order valence-electron chi connectivity index (χ3n) is 4.83. The maximum absolute atomic E-state index is 14.0. The van der Waals surface area contributed by atoms with Gasteiger partial charge in [0.15, 0.2) is 0 Å². The lowest BCUT2D eigenvalue weighted by atomic mass is 10.2. The number of benzene rings is 2. The second kappa shape index (κ2) is 8.59. The Bertz CT molecular complexity index is 988. The number of nitrogens with zero attached hydrogens (tertiary/aromatic N) is 5. The van der Waals surface area contributed by atoms with E-state index in [1.807, 2.05) is 15.9 Å². The van der Waals surface area contributed by atoms with Gasteiger partial charge < -0.3 is 10.2 Å². The molecule has 2 heterocycles. The quantitative estimate of drug-likeness (QED) is 0.695. The molecule has 4 rings (SSSR count). The molecule has 1 aromatic heterocycles. The van der Waals surface area contributed by atoms with E-state index in [-0.39, 0.29) is 18.3 Å². The summed E-state index contributed by atoms with van der Waals surface area (Å²) in [5, 5.41) is 7.54. The Labute approximate surface area is 172 Å². The largest absolute Gasteiger partial charge is 0.367 e. The van der Waals surface area contributed by atoms with E-state index in [4.69, 9.17) is 11.6 Å². The fraction of sp³-hybridized carbons (Fsp3) is 0.250. The van der Waals surface area contributed by atoms with Crippen molar-refractivity contribution in [3.63, 3.8) is 0 Å². The zero-order valence-corrected chi connectivity index (χ0v) is 16.4. The molecule has 0 aliphatic carbocycles. The van der Waals surface area contributed by atoms with E-state index in [0.29, 0.717) is 48.3 Å². The number of carbonyl (C=O) groups excluding carboxylic acids is 1. The maximum Gasteiger partial charge on any atom is 0.238 e. The molecule has 150 valence electrons. The Morgan fingerprint density at radius 3 is 2.62 bits per heavy atom. The minimum absolute atomic E-state index is 0.145. The summed E-state index contributed by atoms with van der Waals surface area (Å²) in [5.74, 6) is -0.367. The van der Waals surface area contributed by atoms with Crippen LogP contribution < -0.4 is 10.2 Å². The third-order valence-corrected chi connectivity index (χ3v) is 5.07. The number of anilines is 2. The van der Waals surface area contributed by atoms with Gasteiger partial charge in [-0.1, -0.05) is 23.7 Å². The molecule has 1 fully saturated rings. The van der Waals surface area contributed by atoms with Crippen molar-refractivity contribution >= 4 is 28.9 Å². The summed E-state index contributed by atoms with van der Waals surface area (Å²) in [6.07, 6.45) is 2.98. The SMILES string of the molecule is O=C(CN1CCN(c2ccccc2F)CC1)Nc1cc(Cl)ccc1-n1cncn1. The van der Waals surface area contributed by atoms with Crippen molar-refractivity contribution in [3.05, 3.63) is 66.0 Å². The minimum Gasteiger partial charge on any atom is -0.367 e. The highest BCUT2D eigenvalue weighted by atomic mass is 35.5. The van der Waals surface area contributed by atoms with Crippen molar-refractivity contribution in [2.24, 2.45) is 0 Å². The van der Waals surface area contributed by atoms with Crippen molar-refractivity contribution < 1.29 is 9.18 Å². The predicted octanol–water partition coefficient (Wildman–Crippen LogP) is 2.82. The van der Waals surface area contributed by atoms with Crippen molar-refractivity contribution in [2.45, 2.75) is 0 Å². The van der Waals surface area contributed by atoms with Crippen LogP contribution in [0, 0.1) is 5.82 Å². The fourth-order valence-electron chi connectivity index (χ4n) is 3.39. The molecule has 1 aliphatic rings. The molecule has 1 saturated heterocycles. The molecule has 0 saturated carbocycles. The van der Waals surface area contributed by atoms with Gasteiger partial charge >= 0.3 is 0 Å². The molecule has 0 atom stereocenters. The monoisotopic (exact) mass is 414 g/mol. The zero-order valence-electron chi connectivity index (χ0n) is 15.6. The van der Waals surface area contributed by atoms with Crippen molar-refractivity contribution in [2.75, 3.05) is 42.9 Å². The number of hydrogen-bond donors (Lipinski definition) is 1. The molecule has 2 aromatic carbocycles. The van der Waals surface area contributed by atoms with Crippen LogP contribution in [0.5, 0.6) is 0 Å². The normalized spacial score (nSPS) is 14.8. The minimum atomic E-state index is -0.222. The first-order chi connectivity index (χ1) is 14.1. The maximum atomic E-state index is 14.0. The molecule has 29 heavy (non-hydrogen) atoms. The number of para-hydroxylation sites is 1. The van der Waals surface area contributed by atoms with Crippen LogP contribution in [0.15, 0.2) is 55.1 Å². The van der Waals surface area contributed by atoms with Crippen LogP contribution in [0.4, 0.5) is 15.8 Å². The lowest BCUT2D eigenvalue weighted by Crippen LogP contribution is -2.49. The summed E-state index contributed by atoms with van der Waals surface area (Å²) in [4.78, 5) is 20.6. The van der Waals surface area contributed by atoms with Gasteiger partial charge in [0.2, 0.25) is 5.91 Å². The summed E-state index contributed by atoms with van der Waals surface area (Å²) in [7, 11) is 0. The van der Waals surface area contributed by atoms with Crippen LogP contribution in [0.1, 0.15) is 0 Å². The Hall–Kier alpha value is -2.97. The van der Waals surface area contributed by atoms with Gasteiger partial charge in [0, 0.05) is 31.2 Å². The Balaban J connectivity index is 1.37. The third kappa shape index (κ3) is 4.55. The molecule has 9 heteroatoms. The predicted molar refractivity (Wildman–Crippen MR) is 110 cm³/mol. The standard InChI is InChI=1S/C20H20ClFN6O/c21-15-5-6-19(28-14-23-13-24-28)17(11-15)25-20(29)12-26-7-9-27(10-8-26)18-4-2-1-3-16(18)22/h1-6,11,13-14H,7-10,12H2,(H,25,29). The molecule has 0 bridgehead atoms. The van der Waals surface area contributed by atoms with Gasteiger partial charge in [0.05, 0.1) is 23.6 Å². The lowest BCUT2D eigenvalue weighted by Gasteiger charge is -2.35. The molecule has 1 N–H and O–H groups in total. The van der Waals surface area contributed by atoms with Gasteiger partial charge in [0.1, 0.15) is 18.5 Å². The topological polar surface area (TPSA) is 66.3 Å². The lowest BCUT2D eigenvalue weighted by molar-refractivity contribution is -0.117. The van der Waals surface area contributed by atoms with E-state index < -0.39 is 0 Å². The smallest absolute Gasteiger partial charge is 0.238 e. The summed E-state index contributed by atoms with van der Waals surface area (Å²) >= 11 is 6.10. The van der Waals surface area contributed by atoms with Gasteiger partial charge in [-0.2, -0.15) is 5.10 Å². The van der Waals surface area contributed by atoms with Gasteiger partial charge in [-0.25, -0.2) is 14.1 Å². The Morgan fingerprint density at radius 1 is 1.10 bits per heavy atom. The van der Waals surface area contributed by atoms with Crippen molar-refractivity contribution in [3.8, 4) is 5.69 Å². The summed E-state index contributed by atoms with van der Waals surface area (Å²) in [5.41, 5.74) is 1.86. The van der Waals surface area contributed by atoms with Gasteiger partial charge in [-0.15, -0.1) is 0 Å². The molecule has 7 nitrogen and oxygen atoms in total. The molecular weight excluding hydrogens is 395 g/mol. The number of piperazine rings is 1. The number of amides is 1. The molecule has 0 spiro atoms. The summed E-state index contributed by atoms with van der Waals surface area (Å²) in [6.45, 7) is 2.92. The highest BCUT2D eigenvalue weighted by Crippen LogP contribution is 2.24. The molecule has 0 radical (unpaired) electrons. The second-order valence-electron chi connectivity index (χ2n) is 6.76. The summed E-state index contributed by atoms with van der Waals surface area (Å²) < 4.78 is 15.5. The van der Waals surface area contributed by atoms with Crippen LogP contribution in [0.25, 0.3) is 5.69 Å². The average molecular weight is 415 g/mol. The van der Waals surface area contributed by atoms with Crippen LogP contribution in [0.2, 0.25) is 5.02 Å². The number of aromatic nitrogens is 3. The van der Waals surface area contributed by atoms with Crippen molar-refractivity contribution in [1.29, 1.82) is 0 Å². The van der Waals surface area contributed by atoms with Gasteiger partial charge in [-0.3, -0.25) is 9.69 Å². The van der Waals surface area contributed by atoms with E-state index in [1.165, 1.54) is 12.4 Å². The molecule has 1 amide bonds. The summed E-state index contributed by atoms with van der Waals surface area (Å²) in [6, 6.07) is 12.0. The Kier molecular flexibility index (Phi) is 5.73. The molecular formula is C20H20ClFN6O. The first kappa shape index (κ1) is 19.4. The first-order valence-corrected chi connectivity index (χ1v) is 9.64. The Morgan fingerprint density at radius 2 is 1.90 bits per heavy atom. The number of nitrogens with one attached hydrogen (secondary N) is 1. The molecule has 3 aromatic rings. The molecule has 1 aliphatic heterocycles. The highest BCUT2D eigenvalue weighted by molar-refractivity contribution is 6.31. The number of hydrogen-bond acceptors (Lipinski definition) is 5. The van der Waals surface area contributed by atoms with Crippen LogP contribution in [0.3, 0.4) is 0 Å². The van der Waals surface area contributed by atoms with Crippen LogP contribution >= 0.6 is 11.6 Å². The second-order valence-corrected chi connectivity index (χ2v) is 7.20. The highest BCUT2D eigenvalue weighted by Gasteiger charge is 2.21. The average Bonchev–Trinajstić information content (AvgIpc) is 3.24. The van der Waals surface area contributed by atoms with Gasteiger partial charge in [0.25, 0.3) is 0 Å². The van der Waals surface area contributed by atoms with E-state index in [1.54, 1.807) is 41.3 Å². The number of carbonyl (C=O) groups is 1. The van der Waals surface area contributed by atoms with Crippen LogP contribution in [-0.2, 0) is 4.79 Å². The fourth-order valence-corrected chi connectivity index (χ4v) is 3.56. The zero-order chi connectivity index (χ0) is 20.2. The first-order valence-electron chi connectivity index (χ1n) is 9.26. The van der Waals surface area contributed by atoms with E-state index in [2.05, 4.69) is 15.4 Å². The number of rotatable bonds is 5. The van der Waals surface area contributed by atoms with E-state index in [0.717, 1.165) is 0 Å². The van der Waals surface area contributed by atoms with Gasteiger partial charge in [-0.05, 0) is 30.3 Å². The van der Waals surface area contributed by atoms with Crippen LogP contribution in [-0.4, -0.2) is 58.3 Å². The molecule has 0 unspecified atom stereocenters.